The Morgan fingerprint density at radius 3 is 2.50 bits per heavy atom. The van der Waals surface area contributed by atoms with Crippen molar-refractivity contribution in [1.82, 2.24) is 5.32 Å². The minimum absolute atomic E-state index is 0.177. The van der Waals surface area contributed by atoms with E-state index in [2.05, 4.69) is 5.32 Å². The summed E-state index contributed by atoms with van der Waals surface area (Å²) in [5.41, 5.74) is 0. The molecule has 1 aliphatic rings. The van der Waals surface area contributed by atoms with E-state index in [4.69, 9.17) is 4.55 Å². The first kappa shape index (κ1) is 7.97. The van der Waals surface area contributed by atoms with Gasteiger partial charge in [-0.3, -0.25) is 4.55 Å². The van der Waals surface area contributed by atoms with E-state index in [9.17, 15) is 8.42 Å². The number of nitrogens with one attached hydrogen (secondary N) is 1. The number of rotatable bonds is 4. The van der Waals surface area contributed by atoms with Crippen molar-refractivity contribution in [1.29, 1.82) is 0 Å². The molecule has 2 N–H and O–H groups in total. The van der Waals surface area contributed by atoms with Crippen LogP contribution in [-0.4, -0.2) is 31.3 Å². The van der Waals surface area contributed by atoms with Crippen LogP contribution in [0.15, 0.2) is 0 Å². The van der Waals surface area contributed by atoms with Crippen LogP contribution < -0.4 is 5.32 Å². The first-order valence-corrected chi connectivity index (χ1v) is 4.87. The van der Waals surface area contributed by atoms with Crippen molar-refractivity contribution in [3.63, 3.8) is 0 Å². The Morgan fingerprint density at radius 1 is 1.50 bits per heavy atom. The molecule has 0 spiro atoms. The van der Waals surface area contributed by atoms with Gasteiger partial charge in [-0.1, -0.05) is 0 Å². The van der Waals surface area contributed by atoms with Gasteiger partial charge in [0.1, 0.15) is 0 Å². The summed E-state index contributed by atoms with van der Waals surface area (Å²) in [5, 5.41) is 2.97. The Morgan fingerprint density at radius 2 is 2.10 bits per heavy atom. The van der Waals surface area contributed by atoms with Crippen LogP contribution in [0.5, 0.6) is 0 Å². The molecule has 0 bridgehead atoms. The molecule has 1 rings (SSSR count). The topological polar surface area (TPSA) is 66.4 Å². The quantitative estimate of drug-likeness (QED) is 0.558. The Hall–Kier alpha value is -0.130. The van der Waals surface area contributed by atoms with Gasteiger partial charge in [0.25, 0.3) is 10.1 Å². The van der Waals surface area contributed by atoms with Crippen LogP contribution >= 0.6 is 0 Å². The van der Waals surface area contributed by atoms with Gasteiger partial charge < -0.3 is 5.32 Å². The van der Waals surface area contributed by atoms with Crippen molar-refractivity contribution in [3.05, 3.63) is 0 Å². The van der Waals surface area contributed by atoms with Crippen molar-refractivity contribution in [2.24, 2.45) is 0 Å². The van der Waals surface area contributed by atoms with E-state index in [0.717, 1.165) is 12.8 Å². The summed E-state index contributed by atoms with van der Waals surface area (Å²) in [7, 11) is -3.75. The molecule has 0 aromatic heterocycles. The summed E-state index contributed by atoms with van der Waals surface area (Å²) in [6, 6.07) is 0.502. The second kappa shape index (κ2) is 2.86. The maximum atomic E-state index is 10.1. The molecule has 1 fully saturated rings. The van der Waals surface area contributed by atoms with Crippen LogP contribution in [0.4, 0.5) is 0 Å². The fraction of sp³-hybridized carbons (Fsp3) is 1.00. The summed E-state index contributed by atoms with van der Waals surface area (Å²) >= 11 is 0. The molecule has 1 saturated carbocycles. The molecule has 0 saturated heterocycles. The summed E-state index contributed by atoms with van der Waals surface area (Å²) in [6.45, 7) is 0.365. The van der Waals surface area contributed by atoms with Crippen LogP contribution in [0.2, 0.25) is 0 Å². The Labute approximate surface area is 60.4 Å². The van der Waals surface area contributed by atoms with Crippen LogP contribution in [0, 0.1) is 0 Å². The molecular weight excluding hydrogens is 154 g/mol. The predicted molar refractivity (Wildman–Crippen MR) is 37.4 cm³/mol. The monoisotopic (exact) mass is 165 g/mol. The maximum absolute atomic E-state index is 10.1. The molecule has 10 heavy (non-hydrogen) atoms. The molecule has 0 aromatic carbocycles. The van der Waals surface area contributed by atoms with Gasteiger partial charge in [0.15, 0.2) is 0 Å². The highest BCUT2D eigenvalue weighted by molar-refractivity contribution is 7.85. The third-order valence-electron chi connectivity index (χ3n) is 1.37. The van der Waals surface area contributed by atoms with Gasteiger partial charge in [0.2, 0.25) is 0 Å². The van der Waals surface area contributed by atoms with Gasteiger partial charge in [0, 0.05) is 12.6 Å². The molecule has 0 unspecified atom stereocenters. The third-order valence-corrected chi connectivity index (χ3v) is 2.09. The van der Waals surface area contributed by atoms with Gasteiger partial charge in [-0.15, -0.1) is 0 Å². The smallest absolute Gasteiger partial charge is 0.266 e. The van der Waals surface area contributed by atoms with Crippen molar-refractivity contribution in [2.45, 2.75) is 18.9 Å². The summed E-state index contributed by atoms with van der Waals surface area (Å²) < 4.78 is 28.6. The lowest BCUT2D eigenvalue weighted by molar-refractivity contribution is 0.480. The van der Waals surface area contributed by atoms with Crippen LogP contribution in [0.25, 0.3) is 0 Å². The second-order valence-corrected chi connectivity index (χ2v) is 4.09. The van der Waals surface area contributed by atoms with Crippen molar-refractivity contribution in [3.8, 4) is 0 Å². The fourth-order valence-electron chi connectivity index (χ4n) is 0.679. The Kier molecular flexibility index (Phi) is 2.28. The van der Waals surface area contributed by atoms with E-state index in [-0.39, 0.29) is 5.75 Å². The zero-order valence-electron chi connectivity index (χ0n) is 5.58. The molecule has 0 atom stereocenters. The Bertz CT molecular complexity index is 195. The number of hydrogen-bond donors (Lipinski definition) is 2. The van der Waals surface area contributed by atoms with Gasteiger partial charge in [0.05, 0.1) is 5.75 Å². The molecule has 0 amide bonds. The normalized spacial score (nSPS) is 19.3. The van der Waals surface area contributed by atoms with Crippen LogP contribution in [0.3, 0.4) is 0 Å². The number of hydrogen-bond acceptors (Lipinski definition) is 3. The zero-order chi connectivity index (χ0) is 7.61. The van der Waals surface area contributed by atoms with E-state index in [0.29, 0.717) is 12.6 Å². The lowest BCUT2D eigenvalue weighted by Gasteiger charge is -1.98. The van der Waals surface area contributed by atoms with Crippen molar-refractivity contribution >= 4 is 10.1 Å². The summed E-state index contributed by atoms with van der Waals surface area (Å²) in [6.07, 6.45) is 2.26. The lowest BCUT2D eigenvalue weighted by Crippen LogP contribution is -2.24. The van der Waals surface area contributed by atoms with Gasteiger partial charge >= 0.3 is 0 Å². The first-order chi connectivity index (χ1) is 4.58. The highest BCUT2D eigenvalue weighted by Gasteiger charge is 2.20. The first-order valence-electron chi connectivity index (χ1n) is 3.26. The van der Waals surface area contributed by atoms with E-state index in [1.54, 1.807) is 0 Å². The lowest BCUT2D eigenvalue weighted by atomic mass is 10.6. The van der Waals surface area contributed by atoms with E-state index < -0.39 is 10.1 Å². The van der Waals surface area contributed by atoms with Crippen molar-refractivity contribution < 1.29 is 13.0 Å². The van der Waals surface area contributed by atoms with Crippen LogP contribution in [0.1, 0.15) is 12.8 Å². The molecule has 0 radical (unpaired) electrons. The highest BCUT2D eigenvalue weighted by atomic mass is 32.2. The highest BCUT2D eigenvalue weighted by Crippen LogP contribution is 2.17. The average molecular weight is 165 g/mol. The standard InChI is InChI=1S/C5H11NO3S/c7-10(8,9)4-3-6-5-1-2-5/h5-6H,1-4H2,(H,7,8,9). The average Bonchev–Trinajstić information content (AvgIpc) is 2.45. The molecule has 0 heterocycles. The predicted octanol–water partition coefficient (Wildman–Crippen LogP) is -0.374. The fourth-order valence-corrected chi connectivity index (χ4v) is 1.06. The van der Waals surface area contributed by atoms with Crippen molar-refractivity contribution in [2.75, 3.05) is 12.3 Å². The van der Waals surface area contributed by atoms with E-state index in [1.165, 1.54) is 0 Å². The Balaban J connectivity index is 2.04. The molecule has 4 nitrogen and oxygen atoms in total. The minimum Gasteiger partial charge on any atom is -0.313 e. The van der Waals surface area contributed by atoms with Crippen LogP contribution in [-0.2, 0) is 10.1 Å². The molecule has 1 aliphatic carbocycles. The molecule has 60 valence electrons. The van der Waals surface area contributed by atoms with Gasteiger partial charge in [-0.05, 0) is 12.8 Å². The minimum atomic E-state index is -3.75. The molecule has 0 aliphatic heterocycles. The molecule has 5 heteroatoms. The largest absolute Gasteiger partial charge is 0.313 e. The summed E-state index contributed by atoms with van der Waals surface area (Å²) in [4.78, 5) is 0. The third kappa shape index (κ3) is 3.81. The molecule has 0 aromatic rings. The van der Waals surface area contributed by atoms with Gasteiger partial charge in [-0.25, -0.2) is 0 Å². The SMILES string of the molecule is O=S(=O)(O)CCNC1CC1. The maximum Gasteiger partial charge on any atom is 0.266 e. The zero-order valence-corrected chi connectivity index (χ0v) is 6.39. The summed E-state index contributed by atoms with van der Waals surface area (Å²) in [5.74, 6) is -0.177. The molecular formula is C5H11NO3S. The van der Waals surface area contributed by atoms with Gasteiger partial charge in [-0.2, -0.15) is 8.42 Å². The van der Waals surface area contributed by atoms with E-state index in [1.807, 2.05) is 0 Å². The van der Waals surface area contributed by atoms with E-state index >= 15 is 0 Å². The second-order valence-electron chi connectivity index (χ2n) is 2.51.